The van der Waals surface area contributed by atoms with Gasteiger partial charge in [-0.2, -0.15) is 0 Å². The largest absolute Gasteiger partial charge is 0.394 e. The van der Waals surface area contributed by atoms with Crippen LogP contribution >= 0.6 is 11.6 Å². The van der Waals surface area contributed by atoms with E-state index in [-0.39, 0.29) is 11.6 Å². The number of urea groups is 1. The second-order valence-corrected chi connectivity index (χ2v) is 5.71. The molecule has 134 valence electrons. The Morgan fingerprint density at radius 3 is 2.58 bits per heavy atom. The minimum Gasteiger partial charge on any atom is -0.394 e. The predicted molar refractivity (Wildman–Crippen MR) is 83.2 cm³/mol. The summed E-state index contributed by atoms with van der Waals surface area (Å²) in [5, 5.41) is 41.0. The molecular weight excluding hydrogens is 344 g/mol. The van der Waals surface area contributed by atoms with Crippen LogP contribution in [0.15, 0.2) is 18.2 Å². The number of carbonyl (C=O) groups excluding carboxylic acids is 1. The van der Waals surface area contributed by atoms with Gasteiger partial charge in [0.1, 0.15) is 24.4 Å². The Morgan fingerprint density at radius 1 is 1.29 bits per heavy atom. The Hall–Kier alpha value is -1.46. The number of aliphatic hydroxyl groups excluding tert-OH is 4. The van der Waals surface area contributed by atoms with Gasteiger partial charge in [0.05, 0.1) is 13.2 Å². The first-order valence-corrected chi connectivity index (χ1v) is 7.48. The van der Waals surface area contributed by atoms with Gasteiger partial charge in [-0.25, -0.2) is 4.79 Å². The van der Waals surface area contributed by atoms with E-state index in [2.05, 4.69) is 5.32 Å². The van der Waals surface area contributed by atoms with E-state index < -0.39 is 43.3 Å². The third-order valence-electron chi connectivity index (χ3n) is 3.57. The number of primary amides is 1. The van der Waals surface area contributed by atoms with Gasteiger partial charge in [0.15, 0.2) is 6.29 Å². The molecule has 1 aliphatic heterocycles. The van der Waals surface area contributed by atoms with E-state index in [1.54, 1.807) is 12.1 Å². The van der Waals surface area contributed by atoms with Gasteiger partial charge in [-0.1, -0.05) is 17.7 Å². The molecule has 1 aromatic carbocycles. The summed E-state index contributed by atoms with van der Waals surface area (Å²) in [7, 11) is 0. The molecule has 2 rings (SSSR count). The van der Waals surface area contributed by atoms with Gasteiger partial charge in [-0.15, -0.1) is 0 Å². The zero-order chi connectivity index (χ0) is 17.9. The van der Waals surface area contributed by atoms with Gasteiger partial charge in [0.2, 0.25) is 0 Å². The summed E-state index contributed by atoms with van der Waals surface area (Å²) in [6, 6.07) is 3.88. The molecule has 1 aliphatic rings. The van der Waals surface area contributed by atoms with Gasteiger partial charge in [-0.3, -0.25) is 0 Å². The maximum Gasteiger partial charge on any atom is 0.316 e. The van der Waals surface area contributed by atoms with Crippen molar-refractivity contribution in [3.05, 3.63) is 28.8 Å². The topological polar surface area (TPSA) is 154 Å². The maximum atomic E-state index is 10.8. The van der Waals surface area contributed by atoms with Crippen LogP contribution in [0.2, 0.25) is 5.02 Å². The van der Waals surface area contributed by atoms with E-state index in [4.69, 9.17) is 31.9 Å². The molecule has 0 radical (unpaired) electrons. The number of ether oxygens (including phenoxy) is 2. The summed E-state index contributed by atoms with van der Waals surface area (Å²) < 4.78 is 10.6. The number of hydrogen-bond acceptors (Lipinski definition) is 7. The van der Waals surface area contributed by atoms with Crippen molar-refractivity contribution in [2.45, 2.75) is 37.3 Å². The zero-order valence-electron chi connectivity index (χ0n) is 12.5. The highest BCUT2D eigenvalue weighted by atomic mass is 35.5. The minimum atomic E-state index is -1.52. The number of benzene rings is 1. The first-order valence-electron chi connectivity index (χ1n) is 7.10. The van der Waals surface area contributed by atoms with Crippen molar-refractivity contribution in [1.82, 2.24) is 0 Å². The molecule has 1 heterocycles. The fourth-order valence-corrected chi connectivity index (χ4v) is 2.50. The average Bonchev–Trinajstić information content (AvgIpc) is 2.53. The second-order valence-electron chi connectivity index (χ2n) is 5.30. The van der Waals surface area contributed by atoms with Crippen molar-refractivity contribution < 1.29 is 34.7 Å². The van der Waals surface area contributed by atoms with Gasteiger partial charge in [0.25, 0.3) is 0 Å². The van der Waals surface area contributed by atoms with Crippen molar-refractivity contribution in [3.63, 3.8) is 0 Å². The number of aliphatic hydroxyl groups is 4. The van der Waals surface area contributed by atoms with Crippen LogP contribution in [-0.4, -0.2) is 63.8 Å². The standard InChI is InChI=1S/C14H19ClN2O7/c15-8-3-7(17-14(16)22)2-1-6(8)5-23-13-12(21)11(20)10(19)9(4-18)24-13/h1-3,9-13,18-21H,4-5H2,(H3,16,17,22)/t9-,10-,11+,12-,13-/m1/s1. The summed E-state index contributed by atoms with van der Waals surface area (Å²) in [6.45, 7) is -0.614. The van der Waals surface area contributed by atoms with Crippen LogP contribution in [0.3, 0.4) is 0 Å². The molecule has 0 unspecified atom stereocenters. The van der Waals surface area contributed by atoms with Gasteiger partial charge in [-0.05, 0) is 17.7 Å². The Bertz CT molecular complexity index is 586. The van der Waals surface area contributed by atoms with Crippen molar-refractivity contribution >= 4 is 23.3 Å². The molecule has 2 amide bonds. The fourth-order valence-electron chi connectivity index (χ4n) is 2.26. The number of anilines is 1. The van der Waals surface area contributed by atoms with E-state index >= 15 is 0 Å². The molecule has 0 aromatic heterocycles. The monoisotopic (exact) mass is 362 g/mol. The molecule has 0 bridgehead atoms. The lowest BCUT2D eigenvalue weighted by molar-refractivity contribution is -0.304. The highest BCUT2D eigenvalue weighted by molar-refractivity contribution is 6.31. The molecule has 0 saturated carbocycles. The Labute approximate surface area is 142 Å². The van der Waals surface area contributed by atoms with Crippen molar-refractivity contribution in [3.8, 4) is 0 Å². The van der Waals surface area contributed by atoms with Crippen LogP contribution in [0.5, 0.6) is 0 Å². The first kappa shape index (κ1) is 18.9. The molecule has 1 fully saturated rings. The number of rotatable bonds is 5. The average molecular weight is 363 g/mol. The molecular formula is C14H19ClN2O7. The van der Waals surface area contributed by atoms with Crippen LogP contribution in [0.4, 0.5) is 10.5 Å². The van der Waals surface area contributed by atoms with Crippen molar-refractivity contribution in [2.75, 3.05) is 11.9 Å². The molecule has 10 heteroatoms. The lowest BCUT2D eigenvalue weighted by atomic mass is 9.99. The smallest absolute Gasteiger partial charge is 0.316 e. The van der Waals surface area contributed by atoms with E-state index in [1.807, 2.05) is 0 Å². The molecule has 24 heavy (non-hydrogen) atoms. The van der Waals surface area contributed by atoms with Crippen LogP contribution in [0.1, 0.15) is 5.56 Å². The van der Waals surface area contributed by atoms with E-state index in [1.165, 1.54) is 6.07 Å². The van der Waals surface area contributed by atoms with E-state index in [0.717, 1.165) is 0 Å². The molecule has 0 aliphatic carbocycles. The molecule has 9 nitrogen and oxygen atoms in total. The third-order valence-corrected chi connectivity index (χ3v) is 3.92. The SMILES string of the molecule is NC(=O)Nc1ccc(CO[C@@H]2O[C@H](CO)[C@@H](O)[C@H](O)[C@H]2O)c(Cl)c1. The fraction of sp³-hybridized carbons (Fsp3) is 0.500. The normalized spacial score (nSPS) is 30.1. The van der Waals surface area contributed by atoms with Crippen LogP contribution in [0.25, 0.3) is 0 Å². The summed E-state index contributed by atoms with van der Waals surface area (Å²) in [6.07, 6.45) is -6.76. The van der Waals surface area contributed by atoms with E-state index in [9.17, 15) is 20.1 Å². The number of halogens is 1. The Balaban J connectivity index is 2.00. The number of amides is 2. The highest BCUT2D eigenvalue weighted by Gasteiger charge is 2.44. The predicted octanol–water partition coefficient (Wildman–Crippen LogP) is -0.853. The third kappa shape index (κ3) is 4.33. The minimum absolute atomic E-state index is 0.0711. The van der Waals surface area contributed by atoms with Gasteiger partial charge >= 0.3 is 6.03 Å². The van der Waals surface area contributed by atoms with Crippen LogP contribution in [0, 0.1) is 0 Å². The zero-order valence-corrected chi connectivity index (χ0v) is 13.3. The Kier molecular flexibility index (Phi) is 6.35. The summed E-state index contributed by atoms with van der Waals surface area (Å²) in [5.74, 6) is 0. The van der Waals surface area contributed by atoms with Crippen LogP contribution < -0.4 is 11.1 Å². The highest BCUT2D eigenvalue weighted by Crippen LogP contribution is 2.25. The number of nitrogens with one attached hydrogen (secondary N) is 1. The maximum absolute atomic E-state index is 10.8. The van der Waals surface area contributed by atoms with Crippen molar-refractivity contribution in [2.24, 2.45) is 5.73 Å². The lowest BCUT2D eigenvalue weighted by Crippen LogP contribution is -2.59. The number of nitrogens with two attached hydrogens (primary N) is 1. The quantitative estimate of drug-likeness (QED) is 0.398. The summed E-state index contributed by atoms with van der Waals surface area (Å²) >= 11 is 6.07. The lowest BCUT2D eigenvalue weighted by Gasteiger charge is -2.39. The molecule has 5 atom stereocenters. The first-order chi connectivity index (χ1) is 11.3. The van der Waals surface area contributed by atoms with E-state index in [0.29, 0.717) is 11.3 Å². The van der Waals surface area contributed by atoms with Crippen LogP contribution in [-0.2, 0) is 16.1 Å². The second kappa shape index (κ2) is 8.08. The molecule has 1 saturated heterocycles. The van der Waals surface area contributed by atoms with Gasteiger partial charge < -0.3 is 41.0 Å². The Morgan fingerprint density at radius 2 is 2.00 bits per heavy atom. The van der Waals surface area contributed by atoms with Crippen molar-refractivity contribution in [1.29, 1.82) is 0 Å². The van der Waals surface area contributed by atoms with Gasteiger partial charge in [0, 0.05) is 10.7 Å². The molecule has 7 N–H and O–H groups in total. The summed E-state index contributed by atoms with van der Waals surface area (Å²) in [4.78, 5) is 10.8. The number of carbonyl (C=O) groups is 1. The number of hydrogen-bond donors (Lipinski definition) is 6. The molecule has 0 spiro atoms. The summed E-state index contributed by atoms with van der Waals surface area (Å²) in [5.41, 5.74) is 5.95. The molecule has 1 aromatic rings.